The second-order valence-electron chi connectivity index (χ2n) is 5.05. The molecule has 0 spiro atoms. The van der Waals surface area contributed by atoms with E-state index in [1.54, 1.807) is 0 Å². The highest BCUT2D eigenvalue weighted by Gasteiger charge is 2.02. The molecule has 3 heteroatoms. The summed E-state index contributed by atoms with van der Waals surface area (Å²) in [5.74, 6) is 0.744. The van der Waals surface area contributed by atoms with Gasteiger partial charge in [0.2, 0.25) is 5.91 Å². The summed E-state index contributed by atoms with van der Waals surface area (Å²) in [4.78, 5) is 11.6. The standard InChI is InChI=1S/C15H24N2O/c1-12(2)11-13-6-8-14(9-7-13)17-15(18)5-4-10-16-3/h6-9,12,16H,4-5,10-11H2,1-3H3,(H,17,18). The van der Waals surface area contributed by atoms with Crippen LogP contribution in [-0.2, 0) is 11.2 Å². The van der Waals surface area contributed by atoms with Crippen molar-refractivity contribution in [2.75, 3.05) is 18.9 Å². The number of nitrogens with one attached hydrogen (secondary N) is 2. The molecule has 0 fully saturated rings. The van der Waals surface area contributed by atoms with Crippen molar-refractivity contribution in [1.82, 2.24) is 5.32 Å². The molecule has 3 nitrogen and oxygen atoms in total. The molecule has 0 radical (unpaired) electrons. The number of carbonyl (C=O) groups is 1. The number of hydrogen-bond donors (Lipinski definition) is 2. The molecule has 0 unspecified atom stereocenters. The minimum Gasteiger partial charge on any atom is -0.326 e. The molecule has 0 aliphatic carbocycles. The van der Waals surface area contributed by atoms with E-state index in [1.165, 1.54) is 5.56 Å². The van der Waals surface area contributed by atoms with Crippen molar-refractivity contribution in [3.8, 4) is 0 Å². The van der Waals surface area contributed by atoms with Crippen LogP contribution in [-0.4, -0.2) is 19.5 Å². The molecule has 1 aromatic rings. The Bertz CT molecular complexity index is 357. The second-order valence-corrected chi connectivity index (χ2v) is 5.05. The first-order valence-corrected chi connectivity index (χ1v) is 6.65. The van der Waals surface area contributed by atoms with Crippen molar-refractivity contribution in [3.05, 3.63) is 29.8 Å². The molecule has 0 atom stereocenters. The molecule has 0 heterocycles. The fraction of sp³-hybridized carbons (Fsp3) is 0.533. The van der Waals surface area contributed by atoms with Crippen LogP contribution in [0.4, 0.5) is 5.69 Å². The number of benzene rings is 1. The lowest BCUT2D eigenvalue weighted by molar-refractivity contribution is -0.116. The van der Waals surface area contributed by atoms with Gasteiger partial charge in [0.1, 0.15) is 0 Å². The van der Waals surface area contributed by atoms with Gasteiger partial charge in [0, 0.05) is 12.1 Å². The third-order valence-corrected chi connectivity index (χ3v) is 2.71. The first kappa shape index (κ1) is 14.7. The van der Waals surface area contributed by atoms with Crippen molar-refractivity contribution in [1.29, 1.82) is 0 Å². The maximum absolute atomic E-state index is 11.6. The lowest BCUT2D eigenvalue weighted by Gasteiger charge is -2.08. The van der Waals surface area contributed by atoms with Gasteiger partial charge in [-0.1, -0.05) is 26.0 Å². The number of anilines is 1. The summed E-state index contributed by atoms with van der Waals surface area (Å²) in [6, 6.07) is 8.13. The van der Waals surface area contributed by atoms with Crippen LogP contribution >= 0.6 is 0 Å². The first-order chi connectivity index (χ1) is 8.61. The maximum atomic E-state index is 11.6. The highest BCUT2D eigenvalue weighted by molar-refractivity contribution is 5.90. The maximum Gasteiger partial charge on any atom is 0.224 e. The second kappa shape index (κ2) is 7.88. The van der Waals surface area contributed by atoms with E-state index in [0.717, 1.165) is 25.1 Å². The number of hydrogen-bond acceptors (Lipinski definition) is 2. The highest BCUT2D eigenvalue weighted by Crippen LogP contribution is 2.13. The number of rotatable bonds is 7. The Hall–Kier alpha value is -1.35. The summed E-state index contributed by atoms with van der Waals surface area (Å²) >= 11 is 0. The van der Waals surface area contributed by atoms with Gasteiger partial charge in [-0.15, -0.1) is 0 Å². The molecule has 0 aromatic heterocycles. The monoisotopic (exact) mass is 248 g/mol. The SMILES string of the molecule is CNCCCC(=O)Nc1ccc(CC(C)C)cc1. The van der Waals surface area contributed by atoms with Crippen molar-refractivity contribution in [2.45, 2.75) is 33.1 Å². The minimum absolute atomic E-state index is 0.0851. The Morgan fingerprint density at radius 3 is 2.44 bits per heavy atom. The van der Waals surface area contributed by atoms with Gasteiger partial charge in [0.25, 0.3) is 0 Å². The van der Waals surface area contributed by atoms with E-state index in [-0.39, 0.29) is 5.91 Å². The average molecular weight is 248 g/mol. The molecular weight excluding hydrogens is 224 g/mol. The van der Waals surface area contributed by atoms with Gasteiger partial charge in [0.05, 0.1) is 0 Å². The Balaban J connectivity index is 2.40. The Labute approximate surface area is 110 Å². The van der Waals surface area contributed by atoms with E-state index >= 15 is 0 Å². The molecule has 0 saturated carbocycles. The van der Waals surface area contributed by atoms with Gasteiger partial charge >= 0.3 is 0 Å². The van der Waals surface area contributed by atoms with Crippen LogP contribution in [0.15, 0.2) is 24.3 Å². The minimum atomic E-state index is 0.0851. The molecule has 1 rings (SSSR count). The molecule has 0 saturated heterocycles. The van der Waals surface area contributed by atoms with Crippen LogP contribution in [0.25, 0.3) is 0 Å². The average Bonchev–Trinajstić information content (AvgIpc) is 2.31. The van der Waals surface area contributed by atoms with Gasteiger partial charge < -0.3 is 10.6 Å². The molecule has 1 aromatic carbocycles. The third-order valence-electron chi connectivity index (χ3n) is 2.71. The summed E-state index contributed by atoms with van der Waals surface area (Å²) in [6.45, 7) is 5.29. The van der Waals surface area contributed by atoms with Crippen LogP contribution in [0.1, 0.15) is 32.3 Å². The zero-order chi connectivity index (χ0) is 13.4. The van der Waals surface area contributed by atoms with Crippen LogP contribution in [0.5, 0.6) is 0 Å². The van der Waals surface area contributed by atoms with Gasteiger partial charge in [-0.05, 0) is 50.0 Å². The summed E-state index contributed by atoms with van der Waals surface area (Å²) in [6.07, 6.45) is 2.51. The van der Waals surface area contributed by atoms with Gasteiger partial charge in [0.15, 0.2) is 0 Å². The van der Waals surface area contributed by atoms with Crippen molar-refractivity contribution in [3.63, 3.8) is 0 Å². The molecule has 0 aliphatic heterocycles. The van der Waals surface area contributed by atoms with E-state index in [9.17, 15) is 4.79 Å². The van der Waals surface area contributed by atoms with Crippen LogP contribution < -0.4 is 10.6 Å². The fourth-order valence-corrected chi connectivity index (χ4v) is 1.84. The van der Waals surface area contributed by atoms with Crippen molar-refractivity contribution in [2.24, 2.45) is 5.92 Å². The summed E-state index contributed by atoms with van der Waals surface area (Å²) in [5, 5.41) is 5.95. The first-order valence-electron chi connectivity index (χ1n) is 6.65. The summed E-state index contributed by atoms with van der Waals surface area (Å²) in [5.41, 5.74) is 2.20. The Morgan fingerprint density at radius 2 is 1.89 bits per heavy atom. The molecule has 2 N–H and O–H groups in total. The largest absolute Gasteiger partial charge is 0.326 e. The third kappa shape index (κ3) is 5.82. The fourth-order valence-electron chi connectivity index (χ4n) is 1.84. The van der Waals surface area contributed by atoms with Gasteiger partial charge in [-0.2, -0.15) is 0 Å². The topological polar surface area (TPSA) is 41.1 Å². The molecule has 1 amide bonds. The predicted octanol–water partition coefficient (Wildman–Crippen LogP) is 2.82. The van der Waals surface area contributed by atoms with Crippen LogP contribution in [0.3, 0.4) is 0 Å². The van der Waals surface area contributed by atoms with E-state index in [0.29, 0.717) is 12.3 Å². The van der Waals surface area contributed by atoms with Gasteiger partial charge in [-0.25, -0.2) is 0 Å². The lowest BCUT2D eigenvalue weighted by Crippen LogP contribution is -2.15. The normalized spacial score (nSPS) is 10.7. The predicted molar refractivity (Wildman–Crippen MR) is 76.8 cm³/mol. The molecule has 100 valence electrons. The zero-order valence-electron chi connectivity index (χ0n) is 11.6. The van der Waals surface area contributed by atoms with Gasteiger partial charge in [-0.3, -0.25) is 4.79 Å². The Morgan fingerprint density at radius 1 is 1.22 bits per heavy atom. The smallest absolute Gasteiger partial charge is 0.224 e. The van der Waals surface area contributed by atoms with E-state index in [4.69, 9.17) is 0 Å². The molecular formula is C15H24N2O. The van der Waals surface area contributed by atoms with Crippen molar-refractivity contribution >= 4 is 11.6 Å². The summed E-state index contributed by atoms with van der Waals surface area (Å²) < 4.78 is 0. The van der Waals surface area contributed by atoms with E-state index in [1.807, 2.05) is 19.2 Å². The van der Waals surface area contributed by atoms with E-state index < -0.39 is 0 Å². The number of carbonyl (C=O) groups excluding carboxylic acids is 1. The molecule has 0 aliphatic rings. The number of amides is 1. The highest BCUT2D eigenvalue weighted by atomic mass is 16.1. The molecule has 0 bridgehead atoms. The quantitative estimate of drug-likeness (QED) is 0.729. The van der Waals surface area contributed by atoms with Crippen molar-refractivity contribution < 1.29 is 4.79 Å². The Kier molecular flexibility index (Phi) is 6.44. The molecule has 18 heavy (non-hydrogen) atoms. The zero-order valence-corrected chi connectivity index (χ0v) is 11.6. The van der Waals surface area contributed by atoms with E-state index in [2.05, 4.69) is 36.6 Å². The van der Waals surface area contributed by atoms with Crippen LogP contribution in [0.2, 0.25) is 0 Å². The van der Waals surface area contributed by atoms with Crippen LogP contribution in [0, 0.1) is 5.92 Å². The lowest BCUT2D eigenvalue weighted by atomic mass is 10.0. The summed E-state index contributed by atoms with van der Waals surface area (Å²) in [7, 11) is 1.89.